The molecular formula is C15H11ClF2O. The van der Waals surface area contributed by atoms with Crippen LogP contribution in [0.5, 0.6) is 5.75 Å². The summed E-state index contributed by atoms with van der Waals surface area (Å²) in [7, 11) is 0. The van der Waals surface area contributed by atoms with Gasteiger partial charge >= 0.3 is 0 Å². The van der Waals surface area contributed by atoms with Gasteiger partial charge in [0.1, 0.15) is 17.4 Å². The summed E-state index contributed by atoms with van der Waals surface area (Å²) in [5, 5.41) is -0.633. The molecule has 3 rings (SSSR count). The molecule has 1 aliphatic heterocycles. The van der Waals surface area contributed by atoms with Gasteiger partial charge in [0, 0.05) is 18.1 Å². The van der Waals surface area contributed by atoms with E-state index in [0.29, 0.717) is 6.61 Å². The monoisotopic (exact) mass is 280 g/mol. The van der Waals surface area contributed by atoms with Crippen molar-refractivity contribution in [2.24, 2.45) is 0 Å². The molecule has 0 fully saturated rings. The summed E-state index contributed by atoms with van der Waals surface area (Å²) < 4.78 is 32.0. The highest BCUT2D eigenvalue weighted by atomic mass is 35.5. The Morgan fingerprint density at radius 1 is 1.11 bits per heavy atom. The lowest BCUT2D eigenvalue weighted by molar-refractivity contribution is 0.357. The zero-order valence-corrected chi connectivity index (χ0v) is 10.8. The van der Waals surface area contributed by atoms with Crippen molar-refractivity contribution in [3.63, 3.8) is 0 Å². The fourth-order valence-electron chi connectivity index (χ4n) is 2.25. The summed E-state index contributed by atoms with van der Waals surface area (Å²) in [6.07, 6.45) is 0.832. The standard InChI is InChI=1S/C15H11ClF2O/c16-15(12-3-2-11(17)8-13(12)18)10-1-4-14-9(7-10)5-6-19-14/h1-4,7-8,15H,5-6H2. The quantitative estimate of drug-likeness (QED) is 0.748. The summed E-state index contributed by atoms with van der Waals surface area (Å²) in [5.41, 5.74) is 2.14. The third-order valence-corrected chi connectivity index (χ3v) is 3.73. The molecule has 1 nitrogen and oxygen atoms in total. The van der Waals surface area contributed by atoms with Crippen LogP contribution >= 0.6 is 11.6 Å². The number of alkyl halides is 1. The highest BCUT2D eigenvalue weighted by molar-refractivity contribution is 6.22. The van der Waals surface area contributed by atoms with Crippen LogP contribution in [0.25, 0.3) is 0 Å². The van der Waals surface area contributed by atoms with E-state index < -0.39 is 17.0 Å². The topological polar surface area (TPSA) is 9.23 Å². The SMILES string of the molecule is Fc1ccc(C(Cl)c2ccc3c(c2)CCO3)c(F)c1. The zero-order chi connectivity index (χ0) is 13.4. The van der Waals surface area contributed by atoms with Crippen molar-refractivity contribution in [3.8, 4) is 5.75 Å². The fraction of sp³-hybridized carbons (Fsp3) is 0.200. The third-order valence-electron chi connectivity index (χ3n) is 3.24. The van der Waals surface area contributed by atoms with Crippen molar-refractivity contribution in [1.29, 1.82) is 0 Å². The number of hydrogen-bond acceptors (Lipinski definition) is 1. The molecule has 0 amide bonds. The molecule has 19 heavy (non-hydrogen) atoms. The van der Waals surface area contributed by atoms with Gasteiger partial charge in [0.25, 0.3) is 0 Å². The highest BCUT2D eigenvalue weighted by Crippen LogP contribution is 2.35. The van der Waals surface area contributed by atoms with Gasteiger partial charge in [-0.1, -0.05) is 18.2 Å². The first-order valence-electron chi connectivity index (χ1n) is 6.00. The maximum atomic E-state index is 13.7. The molecule has 1 unspecified atom stereocenters. The predicted octanol–water partition coefficient (Wildman–Crippen LogP) is 4.23. The second kappa shape index (κ2) is 4.82. The number of hydrogen-bond donors (Lipinski definition) is 0. The summed E-state index contributed by atoms with van der Waals surface area (Å²) in [4.78, 5) is 0. The molecule has 1 atom stereocenters. The van der Waals surface area contributed by atoms with Gasteiger partial charge in [-0.05, 0) is 23.3 Å². The molecule has 0 N–H and O–H groups in total. The molecular weight excluding hydrogens is 270 g/mol. The minimum Gasteiger partial charge on any atom is -0.493 e. The van der Waals surface area contributed by atoms with Crippen LogP contribution in [0.3, 0.4) is 0 Å². The smallest absolute Gasteiger partial charge is 0.131 e. The molecule has 4 heteroatoms. The van der Waals surface area contributed by atoms with Crippen molar-refractivity contribution >= 4 is 11.6 Å². The Bertz CT molecular complexity index is 628. The molecule has 0 aromatic heterocycles. The van der Waals surface area contributed by atoms with E-state index in [-0.39, 0.29) is 5.56 Å². The average Bonchev–Trinajstić information content (AvgIpc) is 2.85. The van der Waals surface area contributed by atoms with Crippen LogP contribution in [0.15, 0.2) is 36.4 Å². The Labute approximate surface area is 114 Å². The minimum atomic E-state index is -0.633. The number of benzene rings is 2. The van der Waals surface area contributed by atoms with Crippen LogP contribution in [-0.2, 0) is 6.42 Å². The number of halogens is 3. The Morgan fingerprint density at radius 3 is 2.74 bits per heavy atom. The number of fused-ring (bicyclic) bond motifs is 1. The van der Waals surface area contributed by atoms with E-state index in [1.807, 2.05) is 18.2 Å². The van der Waals surface area contributed by atoms with Gasteiger partial charge in [0.05, 0.1) is 12.0 Å². The van der Waals surface area contributed by atoms with Crippen LogP contribution in [-0.4, -0.2) is 6.61 Å². The Hall–Kier alpha value is -1.61. The van der Waals surface area contributed by atoms with E-state index in [1.54, 1.807) is 0 Å². The minimum absolute atomic E-state index is 0.280. The summed E-state index contributed by atoms with van der Waals surface area (Å²) >= 11 is 6.29. The molecule has 1 aliphatic rings. The van der Waals surface area contributed by atoms with Crippen molar-refractivity contribution in [1.82, 2.24) is 0 Å². The lowest BCUT2D eigenvalue weighted by atomic mass is 10.0. The van der Waals surface area contributed by atoms with Crippen molar-refractivity contribution in [2.75, 3.05) is 6.61 Å². The van der Waals surface area contributed by atoms with Crippen LogP contribution < -0.4 is 4.74 Å². The molecule has 0 saturated carbocycles. The molecule has 2 aromatic carbocycles. The highest BCUT2D eigenvalue weighted by Gasteiger charge is 2.19. The van der Waals surface area contributed by atoms with E-state index in [4.69, 9.17) is 16.3 Å². The first kappa shape index (κ1) is 12.4. The van der Waals surface area contributed by atoms with Gasteiger partial charge in [-0.3, -0.25) is 0 Å². The molecule has 0 spiro atoms. The molecule has 0 radical (unpaired) electrons. The fourth-order valence-corrected chi connectivity index (χ4v) is 2.56. The van der Waals surface area contributed by atoms with Gasteiger partial charge in [-0.2, -0.15) is 0 Å². The van der Waals surface area contributed by atoms with Crippen molar-refractivity contribution < 1.29 is 13.5 Å². The largest absolute Gasteiger partial charge is 0.493 e. The van der Waals surface area contributed by atoms with Crippen LogP contribution in [0, 0.1) is 11.6 Å². The van der Waals surface area contributed by atoms with Gasteiger partial charge < -0.3 is 4.74 Å². The van der Waals surface area contributed by atoms with E-state index in [9.17, 15) is 8.78 Å². The van der Waals surface area contributed by atoms with Crippen LogP contribution in [0.2, 0.25) is 0 Å². The second-order valence-corrected chi connectivity index (χ2v) is 4.93. The van der Waals surface area contributed by atoms with E-state index in [0.717, 1.165) is 29.4 Å². The molecule has 0 aliphatic carbocycles. The molecule has 0 bridgehead atoms. The van der Waals surface area contributed by atoms with E-state index >= 15 is 0 Å². The lowest BCUT2D eigenvalue weighted by Gasteiger charge is -2.12. The normalized spacial score (nSPS) is 14.9. The van der Waals surface area contributed by atoms with Crippen LogP contribution in [0.1, 0.15) is 22.1 Å². The molecule has 0 saturated heterocycles. The molecule has 2 aromatic rings. The lowest BCUT2D eigenvalue weighted by Crippen LogP contribution is -1.98. The zero-order valence-electron chi connectivity index (χ0n) is 10.00. The summed E-state index contributed by atoms with van der Waals surface area (Å²) in [6, 6.07) is 9.01. The van der Waals surface area contributed by atoms with E-state index in [2.05, 4.69) is 0 Å². The summed E-state index contributed by atoms with van der Waals surface area (Å²) in [6.45, 7) is 0.663. The first-order chi connectivity index (χ1) is 9.15. The Morgan fingerprint density at radius 2 is 1.95 bits per heavy atom. The number of ether oxygens (including phenoxy) is 1. The average molecular weight is 281 g/mol. The van der Waals surface area contributed by atoms with Gasteiger partial charge in [-0.15, -0.1) is 11.6 Å². The van der Waals surface area contributed by atoms with Gasteiger partial charge in [0.2, 0.25) is 0 Å². The predicted molar refractivity (Wildman–Crippen MR) is 69.7 cm³/mol. The van der Waals surface area contributed by atoms with Crippen LogP contribution in [0.4, 0.5) is 8.78 Å². The Balaban J connectivity index is 1.97. The first-order valence-corrected chi connectivity index (χ1v) is 6.43. The summed E-state index contributed by atoms with van der Waals surface area (Å²) in [5.74, 6) is -0.378. The van der Waals surface area contributed by atoms with Crippen molar-refractivity contribution in [2.45, 2.75) is 11.8 Å². The number of rotatable bonds is 2. The van der Waals surface area contributed by atoms with E-state index in [1.165, 1.54) is 12.1 Å². The Kier molecular flexibility index (Phi) is 3.15. The van der Waals surface area contributed by atoms with Crippen molar-refractivity contribution in [3.05, 3.63) is 64.7 Å². The second-order valence-electron chi connectivity index (χ2n) is 4.49. The maximum Gasteiger partial charge on any atom is 0.131 e. The van der Waals surface area contributed by atoms with Gasteiger partial charge in [0.15, 0.2) is 0 Å². The van der Waals surface area contributed by atoms with Gasteiger partial charge in [-0.25, -0.2) is 8.78 Å². The third kappa shape index (κ3) is 2.30. The maximum absolute atomic E-state index is 13.7. The molecule has 98 valence electrons. The molecule has 1 heterocycles.